The maximum absolute atomic E-state index is 13.4. The van der Waals surface area contributed by atoms with Crippen molar-refractivity contribution in [3.05, 3.63) is 28.8 Å². The van der Waals surface area contributed by atoms with Gasteiger partial charge in [-0.05, 0) is 68.6 Å². The Morgan fingerprint density at radius 1 is 1.18 bits per heavy atom. The van der Waals surface area contributed by atoms with Crippen molar-refractivity contribution in [1.29, 1.82) is 0 Å². The fourth-order valence-electron chi connectivity index (χ4n) is 6.06. The molecule has 3 amide bonds. The summed E-state index contributed by atoms with van der Waals surface area (Å²) in [7, 11) is 0. The van der Waals surface area contributed by atoms with Crippen molar-refractivity contribution in [3.8, 4) is 0 Å². The zero-order valence-electron chi connectivity index (χ0n) is 23.7. The number of carbonyl (C=O) groups is 4. The van der Waals surface area contributed by atoms with Gasteiger partial charge < -0.3 is 30.7 Å². The number of likely N-dealkylation sites (tertiary alicyclic amines) is 1. The fraction of sp³-hybridized carbons (Fsp3) is 0.655. The molecule has 4 N–H and O–H groups in total. The lowest BCUT2D eigenvalue weighted by molar-refractivity contribution is -0.191. The molecule has 1 unspecified atom stereocenters. The topological polar surface area (TPSA) is 140 Å². The SMILES string of the molecule is CC(C)[C@H]1CC[C@H](C)C[C@@H]1OC1OC(=O)C[C@@H]1NC(=O)[C@@H]1CCCN1C(=O)[C@H](C)NC(=O)c1ccc(N)c(Cl)c1. The summed E-state index contributed by atoms with van der Waals surface area (Å²) in [5.74, 6) is -0.308. The molecule has 2 saturated heterocycles. The number of rotatable bonds is 8. The molecule has 0 spiro atoms. The highest BCUT2D eigenvalue weighted by atomic mass is 35.5. The Hall–Kier alpha value is -2.85. The predicted molar refractivity (Wildman–Crippen MR) is 150 cm³/mol. The van der Waals surface area contributed by atoms with E-state index in [0.717, 1.165) is 19.3 Å². The van der Waals surface area contributed by atoms with Crippen molar-refractivity contribution in [3.63, 3.8) is 0 Å². The number of nitrogens with zero attached hydrogens (tertiary/aromatic N) is 1. The van der Waals surface area contributed by atoms with E-state index in [1.54, 1.807) is 6.92 Å². The molecule has 3 fully saturated rings. The van der Waals surface area contributed by atoms with Gasteiger partial charge in [0.1, 0.15) is 18.1 Å². The second-order valence-corrected chi connectivity index (χ2v) is 12.2. The molecule has 1 saturated carbocycles. The monoisotopic (exact) mass is 576 g/mol. The number of anilines is 1. The van der Waals surface area contributed by atoms with Crippen molar-refractivity contribution in [2.45, 2.75) is 96.7 Å². The highest BCUT2D eigenvalue weighted by Crippen LogP contribution is 2.37. The first kappa shape index (κ1) is 30.1. The molecular formula is C29H41ClN4O6. The van der Waals surface area contributed by atoms with Crippen LogP contribution in [0.15, 0.2) is 18.2 Å². The Balaban J connectivity index is 1.37. The highest BCUT2D eigenvalue weighted by Gasteiger charge is 2.44. The largest absolute Gasteiger partial charge is 0.433 e. The molecule has 7 atom stereocenters. The molecule has 1 aromatic rings. The van der Waals surface area contributed by atoms with Crippen LogP contribution in [0, 0.1) is 17.8 Å². The van der Waals surface area contributed by atoms with Crippen LogP contribution in [0.25, 0.3) is 0 Å². The third-order valence-corrected chi connectivity index (χ3v) is 8.71. The standard InChI is InChI=1S/C29H41ClN4O6/c1-15(2)19-9-7-16(3)12-24(19)39-29-22(14-25(35)40-29)33-27(37)23-6-5-11-34(23)28(38)17(4)32-26(36)18-8-10-21(31)20(30)13-18/h8,10,13,15-17,19,22-24,29H,5-7,9,11-12,14,31H2,1-4H3,(H,32,36)(H,33,37)/t16-,17-,19+,22-,23-,24-,29?/m0/s1. The number of hydrogen-bond acceptors (Lipinski definition) is 7. The van der Waals surface area contributed by atoms with Crippen LogP contribution in [0.3, 0.4) is 0 Å². The summed E-state index contributed by atoms with van der Waals surface area (Å²) >= 11 is 6.02. The first-order valence-corrected chi connectivity index (χ1v) is 14.6. The second kappa shape index (κ2) is 12.8. The summed E-state index contributed by atoms with van der Waals surface area (Å²) in [5.41, 5.74) is 6.34. The third-order valence-electron chi connectivity index (χ3n) is 8.38. The first-order chi connectivity index (χ1) is 18.9. The molecule has 4 rings (SSSR count). The number of cyclic esters (lactones) is 1. The molecule has 1 aromatic carbocycles. The normalized spacial score (nSPS) is 29.2. The summed E-state index contributed by atoms with van der Waals surface area (Å²) in [6, 6.07) is 2.28. The number of halogens is 1. The van der Waals surface area contributed by atoms with Gasteiger partial charge in [-0.2, -0.15) is 0 Å². The number of ether oxygens (including phenoxy) is 2. The van der Waals surface area contributed by atoms with Crippen LogP contribution in [0.4, 0.5) is 5.69 Å². The molecule has 220 valence electrons. The van der Waals surface area contributed by atoms with Crippen molar-refractivity contribution >= 4 is 41.0 Å². The summed E-state index contributed by atoms with van der Waals surface area (Å²) < 4.78 is 11.9. The Morgan fingerprint density at radius 2 is 1.93 bits per heavy atom. The van der Waals surface area contributed by atoms with Crippen molar-refractivity contribution in [2.24, 2.45) is 17.8 Å². The van der Waals surface area contributed by atoms with Crippen LogP contribution in [-0.4, -0.2) is 65.7 Å². The van der Waals surface area contributed by atoms with E-state index in [1.165, 1.54) is 23.1 Å². The van der Waals surface area contributed by atoms with Gasteiger partial charge in [0.25, 0.3) is 5.91 Å². The van der Waals surface area contributed by atoms with E-state index < -0.39 is 36.3 Å². The maximum atomic E-state index is 13.4. The Kier molecular flexibility index (Phi) is 9.61. The molecule has 0 radical (unpaired) electrons. The average molecular weight is 577 g/mol. The number of nitrogen functional groups attached to an aromatic ring is 1. The quantitative estimate of drug-likeness (QED) is 0.319. The minimum Gasteiger partial charge on any atom is -0.433 e. The number of nitrogens with two attached hydrogens (primary N) is 1. The molecule has 3 aliphatic rings. The van der Waals surface area contributed by atoms with Gasteiger partial charge in [-0.15, -0.1) is 0 Å². The first-order valence-electron chi connectivity index (χ1n) is 14.3. The molecule has 2 aliphatic heterocycles. The van der Waals surface area contributed by atoms with Gasteiger partial charge in [0.2, 0.25) is 18.1 Å². The number of nitrogens with one attached hydrogen (secondary N) is 2. The number of carbonyl (C=O) groups excluding carboxylic acids is 4. The minimum atomic E-state index is -0.869. The van der Waals surface area contributed by atoms with E-state index in [1.807, 2.05) is 0 Å². The number of amides is 3. The number of hydrogen-bond donors (Lipinski definition) is 3. The number of benzene rings is 1. The summed E-state index contributed by atoms with van der Waals surface area (Å²) in [5, 5.41) is 5.86. The smallest absolute Gasteiger partial charge is 0.310 e. The Labute approximate surface area is 240 Å². The molecule has 11 heteroatoms. The van der Waals surface area contributed by atoms with E-state index in [4.69, 9.17) is 26.8 Å². The van der Waals surface area contributed by atoms with Crippen LogP contribution >= 0.6 is 11.6 Å². The summed E-state index contributed by atoms with van der Waals surface area (Å²) in [6.07, 6.45) is 3.32. The molecule has 0 bridgehead atoms. The molecule has 1 aliphatic carbocycles. The van der Waals surface area contributed by atoms with Crippen molar-refractivity contribution in [1.82, 2.24) is 15.5 Å². The van der Waals surface area contributed by atoms with E-state index >= 15 is 0 Å². The van der Waals surface area contributed by atoms with Crippen LogP contribution < -0.4 is 16.4 Å². The third kappa shape index (κ3) is 6.89. The van der Waals surface area contributed by atoms with E-state index in [-0.39, 0.29) is 34.9 Å². The average Bonchev–Trinajstić information content (AvgIpc) is 3.51. The highest BCUT2D eigenvalue weighted by molar-refractivity contribution is 6.33. The Bertz CT molecular complexity index is 1130. The molecule has 0 aromatic heterocycles. The van der Waals surface area contributed by atoms with Gasteiger partial charge in [-0.1, -0.05) is 38.8 Å². The van der Waals surface area contributed by atoms with E-state index in [0.29, 0.717) is 42.8 Å². The molecular weight excluding hydrogens is 536 g/mol. The fourth-order valence-corrected chi connectivity index (χ4v) is 6.24. The summed E-state index contributed by atoms with van der Waals surface area (Å²) in [6.45, 7) is 8.53. The van der Waals surface area contributed by atoms with Gasteiger partial charge in [-0.3, -0.25) is 19.2 Å². The lowest BCUT2D eigenvalue weighted by atomic mass is 9.75. The van der Waals surface area contributed by atoms with Gasteiger partial charge in [0.05, 0.1) is 23.2 Å². The lowest BCUT2D eigenvalue weighted by Gasteiger charge is -2.39. The molecule has 10 nitrogen and oxygen atoms in total. The van der Waals surface area contributed by atoms with Gasteiger partial charge in [0, 0.05) is 12.1 Å². The van der Waals surface area contributed by atoms with E-state index in [9.17, 15) is 19.2 Å². The second-order valence-electron chi connectivity index (χ2n) is 11.8. The van der Waals surface area contributed by atoms with Crippen molar-refractivity contribution in [2.75, 3.05) is 12.3 Å². The van der Waals surface area contributed by atoms with E-state index in [2.05, 4.69) is 31.4 Å². The lowest BCUT2D eigenvalue weighted by Crippen LogP contribution is -2.55. The predicted octanol–water partition coefficient (Wildman–Crippen LogP) is 3.27. The summed E-state index contributed by atoms with van der Waals surface area (Å²) in [4.78, 5) is 53.1. The van der Waals surface area contributed by atoms with Gasteiger partial charge in [-0.25, -0.2) is 0 Å². The maximum Gasteiger partial charge on any atom is 0.310 e. The zero-order valence-corrected chi connectivity index (χ0v) is 24.4. The van der Waals surface area contributed by atoms with Crippen LogP contribution in [-0.2, 0) is 23.9 Å². The number of esters is 1. The Morgan fingerprint density at radius 3 is 2.62 bits per heavy atom. The van der Waals surface area contributed by atoms with Gasteiger partial charge >= 0.3 is 5.97 Å². The zero-order chi connectivity index (χ0) is 29.1. The molecule has 2 heterocycles. The van der Waals surface area contributed by atoms with Crippen LogP contribution in [0.2, 0.25) is 5.02 Å². The molecule has 40 heavy (non-hydrogen) atoms. The van der Waals surface area contributed by atoms with Crippen LogP contribution in [0.1, 0.15) is 76.6 Å². The van der Waals surface area contributed by atoms with Crippen LogP contribution in [0.5, 0.6) is 0 Å². The minimum absolute atomic E-state index is 0.0162. The van der Waals surface area contributed by atoms with Crippen molar-refractivity contribution < 1.29 is 28.7 Å². The van der Waals surface area contributed by atoms with Gasteiger partial charge in [0.15, 0.2) is 0 Å².